The van der Waals surface area contributed by atoms with E-state index in [9.17, 15) is 0 Å². The molecule has 1 aliphatic carbocycles. The number of hydrogen-bond acceptors (Lipinski definition) is 3. The Kier molecular flexibility index (Phi) is 8.67. The summed E-state index contributed by atoms with van der Waals surface area (Å²) in [6.45, 7) is 11.1. The number of hydrogen-bond donors (Lipinski definition) is 1. The third kappa shape index (κ3) is 7.28. The average Bonchev–Trinajstić information content (AvgIpc) is 3.22. The minimum Gasteiger partial charge on any atom is -0.383 e. The molecule has 19 heavy (non-hydrogen) atoms. The summed E-state index contributed by atoms with van der Waals surface area (Å²) in [4.78, 5) is 2.64. The fraction of sp³-hybridized carbons (Fsp3) is 1.00. The van der Waals surface area contributed by atoms with Crippen molar-refractivity contribution in [2.24, 2.45) is 5.92 Å². The highest BCUT2D eigenvalue weighted by Gasteiger charge is 2.31. The van der Waals surface area contributed by atoms with Crippen LogP contribution >= 0.6 is 0 Å². The third-order valence-corrected chi connectivity index (χ3v) is 4.35. The summed E-state index contributed by atoms with van der Waals surface area (Å²) in [5.41, 5.74) is 0. The van der Waals surface area contributed by atoms with E-state index in [4.69, 9.17) is 4.74 Å². The van der Waals surface area contributed by atoms with Gasteiger partial charge in [0.15, 0.2) is 0 Å². The Labute approximate surface area is 120 Å². The van der Waals surface area contributed by atoms with Crippen LogP contribution in [0.4, 0.5) is 0 Å². The number of unbranched alkanes of at least 4 members (excludes halogenated alkanes) is 1. The Bertz CT molecular complexity index is 219. The first-order valence-corrected chi connectivity index (χ1v) is 8.15. The van der Waals surface area contributed by atoms with Crippen molar-refractivity contribution in [2.75, 3.05) is 33.4 Å². The van der Waals surface area contributed by atoms with Gasteiger partial charge >= 0.3 is 0 Å². The van der Waals surface area contributed by atoms with Gasteiger partial charge in [-0.25, -0.2) is 0 Å². The van der Waals surface area contributed by atoms with Crippen molar-refractivity contribution in [3.63, 3.8) is 0 Å². The van der Waals surface area contributed by atoms with Crippen molar-refractivity contribution in [2.45, 2.75) is 65.0 Å². The minimum absolute atomic E-state index is 0.665. The second kappa shape index (κ2) is 9.73. The Hall–Kier alpha value is -0.120. The quantitative estimate of drug-likeness (QED) is 0.552. The van der Waals surface area contributed by atoms with E-state index < -0.39 is 0 Å². The molecule has 1 aliphatic rings. The van der Waals surface area contributed by atoms with E-state index in [2.05, 4.69) is 31.0 Å². The molecule has 0 aliphatic heterocycles. The topological polar surface area (TPSA) is 24.5 Å². The lowest BCUT2D eigenvalue weighted by molar-refractivity contribution is 0.115. The van der Waals surface area contributed by atoms with Crippen LogP contribution < -0.4 is 5.32 Å². The normalized spacial score (nSPS) is 18.8. The predicted octanol–water partition coefficient (Wildman–Crippen LogP) is 2.90. The molecule has 114 valence electrons. The highest BCUT2D eigenvalue weighted by molar-refractivity contribution is 4.85. The molecule has 1 saturated carbocycles. The molecule has 0 bridgehead atoms. The fourth-order valence-corrected chi connectivity index (χ4v) is 2.82. The minimum atomic E-state index is 0.665. The molecule has 0 spiro atoms. The van der Waals surface area contributed by atoms with Crippen molar-refractivity contribution in [1.29, 1.82) is 0 Å². The maximum atomic E-state index is 5.25. The molecule has 0 saturated heterocycles. The zero-order valence-corrected chi connectivity index (χ0v) is 13.5. The Morgan fingerprint density at radius 3 is 2.53 bits per heavy atom. The Morgan fingerprint density at radius 2 is 1.95 bits per heavy atom. The molecule has 0 aromatic carbocycles. The van der Waals surface area contributed by atoms with E-state index in [0.29, 0.717) is 6.04 Å². The molecular weight excluding hydrogens is 236 g/mol. The molecule has 0 aromatic rings. The highest BCUT2D eigenvalue weighted by Crippen LogP contribution is 2.35. The van der Waals surface area contributed by atoms with Crippen LogP contribution in [0.25, 0.3) is 0 Å². The fourth-order valence-electron chi connectivity index (χ4n) is 2.82. The molecular formula is C16H34N2O. The van der Waals surface area contributed by atoms with Crippen LogP contribution in [0.5, 0.6) is 0 Å². The molecule has 0 aromatic heterocycles. The smallest absolute Gasteiger partial charge is 0.0589 e. The van der Waals surface area contributed by atoms with Crippen molar-refractivity contribution < 1.29 is 4.74 Å². The van der Waals surface area contributed by atoms with Crippen molar-refractivity contribution in [3.05, 3.63) is 0 Å². The van der Waals surface area contributed by atoms with Gasteiger partial charge in [-0.3, -0.25) is 4.90 Å². The number of nitrogens with zero attached hydrogens (tertiary/aromatic N) is 1. The Balaban J connectivity index is 2.16. The molecule has 3 nitrogen and oxygen atoms in total. The van der Waals surface area contributed by atoms with Gasteiger partial charge in [0, 0.05) is 25.7 Å². The van der Waals surface area contributed by atoms with Crippen LogP contribution in [0.15, 0.2) is 0 Å². The highest BCUT2D eigenvalue weighted by atomic mass is 16.5. The summed E-state index contributed by atoms with van der Waals surface area (Å²) in [5, 5.41) is 3.49. The van der Waals surface area contributed by atoms with Crippen LogP contribution in [0.2, 0.25) is 0 Å². The second-order valence-electron chi connectivity index (χ2n) is 6.06. The summed E-state index contributed by atoms with van der Waals surface area (Å²) >= 11 is 0. The van der Waals surface area contributed by atoms with E-state index in [1.165, 1.54) is 38.6 Å². The first-order chi connectivity index (χ1) is 9.19. The van der Waals surface area contributed by atoms with Crippen molar-refractivity contribution in [3.8, 4) is 0 Å². The van der Waals surface area contributed by atoms with Crippen LogP contribution in [0, 0.1) is 5.92 Å². The summed E-state index contributed by atoms with van der Waals surface area (Å²) in [6, 6.07) is 1.42. The monoisotopic (exact) mass is 270 g/mol. The standard InChI is InChI=1S/C16H34N2O/c1-5-17-14(2)8-6-7-11-18(12-13-19-4)15(3)16-9-10-16/h14-17H,5-13H2,1-4H3. The largest absolute Gasteiger partial charge is 0.383 e. The Morgan fingerprint density at radius 1 is 1.21 bits per heavy atom. The zero-order valence-electron chi connectivity index (χ0n) is 13.5. The maximum Gasteiger partial charge on any atom is 0.0589 e. The molecule has 1 N–H and O–H groups in total. The van der Waals surface area contributed by atoms with Gasteiger partial charge in [0.05, 0.1) is 6.61 Å². The number of rotatable bonds is 12. The molecule has 3 heteroatoms. The van der Waals surface area contributed by atoms with E-state index in [1.54, 1.807) is 7.11 Å². The van der Waals surface area contributed by atoms with Crippen molar-refractivity contribution >= 4 is 0 Å². The van der Waals surface area contributed by atoms with Crippen LogP contribution in [-0.2, 0) is 4.74 Å². The number of nitrogens with one attached hydrogen (secondary N) is 1. The lowest BCUT2D eigenvalue weighted by atomic mass is 10.1. The van der Waals surface area contributed by atoms with Crippen LogP contribution in [-0.4, -0.2) is 50.3 Å². The van der Waals surface area contributed by atoms with E-state index in [0.717, 1.165) is 31.7 Å². The first kappa shape index (κ1) is 16.9. The summed E-state index contributed by atoms with van der Waals surface area (Å²) in [6.07, 6.45) is 6.81. The van der Waals surface area contributed by atoms with Gasteiger partial charge in [0.2, 0.25) is 0 Å². The molecule has 1 fully saturated rings. The van der Waals surface area contributed by atoms with Gasteiger partial charge in [-0.2, -0.15) is 0 Å². The summed E-state index contributed by atoms with van der Waals surface area (Å²) in [5.74, 6) is 0.956. The van der Waals surface area contributed by atoms with E-state index >= 15 is 0 Å². The van der Waals surface area contributed by atoms with Gasteiger partial charge in [0.1, 0.15) is 0 Å². The van der Waals surface area contributed by atoms with Crippen molar-refractivity contribution in [1.82, 2.24) is 10.2 Å². The predicted molar refractivity (Wildman–Crippen MR) is 82.6 cm³/mol. The average molecular weight is 270 g/mol. The van der Waals surface area contributed by atoms with Gasteiger partial charge in [-0.1, -0.05) is 13.3 Å². The lowest BCUT2D eigenvalue weighted by Crippen LogP contribution is -2.38. The number of methoxy groups -OCH3 is 1. The first-order valence-electron chi connectivity index (χ1n) is 8.15. The van der Waals surface area contributed by atoms with Gasteiger partial charge in [0.25, 0.3) is 0 Å². The van der Waals surface area contributed by atoms with E-state index in [1.807, 2.05) is 0 Å². The molecule has 2 unspecified atom stereocenters. The SMILES string of the molecule is CCNC(C)CCCCN(CCOC)C(C)C1CC1. The van der Waals surface area contributed by atoms with Gasteiger partial charge in [-0.05, 0) is 58.5 Å². The summed E-state index contributed by atoms with van der Waals surface area (Å²) < 4.78 is 5.25. The molecule has 0 radical (unpaired) electrons. The van der Waals surface area contributed by atoms with Gasteiger partial charge < -0.3 is 10.1 Å². The zero-order chi connectivity index (χ0) is 14.1. The molecule has 2 atom stereocenters. The maximum absolute atomic E-state index is 5.25. The molecule has 0 heterocycles. The van der Waals surface area contributed by atoms with Gasteiger partial charge in [-0.15, -0.1) is 0 Å². The third-order valence-electron chi connectivity index (χ3n) is 4.35. The summed E-state index contributed by atoms with van der Waals surface area (Å²) in [7, 11) is 1.80. The van der Waals surface area contributed by atoms with Crippen LogP contribution in [0.1, 0.15) is 52.9 Å². The molecule has 0 amide bonds. The lowest BCUT2D eigenvalue weighted by Gasteiger charge is -2.29. The number of ether oxygens (including phenoxy) is 1. The van der Waals surface area contributed by atoms with E-state index in [-0.39, 0.29) is 0 Å². The molecule has 1 rings (SSSR count). The van der Waals surface area contributed by atoms with Crippen LogP contribution in [0.3, 0.4) is 0 Å². The second-order valence-corrected chi connectivity index (χ2v) is 6.06.